The molecule has 1 spiro atoms. The van der Waals surface area contributed by atoms with Crippen LogP contribution in [0.5, 0.6) is 0 Å². The molecule has 0 radical (unpaired) electrons. The van der Waals surface area contributed by atoms with Gasteiger partial charge in [0.1, 0.15) is 6.04 Å². The number of carbonyl (C=O) groups excluding carboxylic acids is 3. The third-order valence-electron chi connectivity index (χ3n) is 8.98. The Balaban J connectivity index is 1.59. The van der Waals surface area contributed by atoms with Crippen LogP contribution in [0, 0.1) is 31.6 Å². The molecular formula is C33H39N3O4S. The van der Waals surface area contributed by atoms with Gasteiger partial charge >= 0.3 is 0 Å². The number of thioether (sulfide) groups is 1. The summed E-state index contributed by atoms with van der Waals surface area (Å²) in [5.41, 5.74) is 3.51. The van der Waals surface area contributed by atoms with Crippen molar-refractivity contribution in [3.63, 3.8) is 0 Å². The number of likely N-dealkylation sites (tertiary alicyclic amines) is 1. The van der Waals surface area contributed by atoms with Crippen molar-refractivity contribution in [1.29, 1.82) is 0 Å². The molecule has 2 aromatic carbocycles. The number of fused-ring (bicyclic) bond motifs is 1. The van der Waals surface area contributed by atoms with Gasteiger partial charge in [-0.25, -0.2) is 0 Å². The average molecular weight is 574 g/mol. The highest BCUT2D eigenvalue weighted by Gasteiger charge is 2.76. The summed E-state index contributed by atoms with van der Waals surface area (Å²) in [5.74, 6) is -1.73. The number of amides is 3. The minimum Gasteiger partial charge on any atom is -0.395 e. The predicted molar refractivity (Wildman–Crippen MR) is 165 cm³/mol. The molecular weight excluding hydrogens is 534 g/mol. The van der Waals surface area contributed by atoms with E-state index in [0.29, 0.717) is 6.54 Å². The van der Waals surface area contributed by atoms with Crippen molar-refractivity contribution < 1.29 is 19.5 Å². The molecule has 3 unspecified atom stereocenters. The van der Waals surface area contributed by atoms with Crippen molar-refractivity contribution in [2.45, 2.75) is 43.2 Å². The normalized spacial score (nSPS) is 28.0. The molecule has 3 aliphatic rings. The Morgan fingerprint density at radius 1 is 1.07 bits per heavy atom. The smallest absolute Gasteiger partial charge is 0.251 e. The van der Waals surface area contributed by atoms with Gasteiger partial charge in [-0.15, -0.1) is 24.9 Å². The van der Waals surface area contributed by atoms with Crippen LogP contribution >= 0.6 is 11.8 Å². The van der Waals surface area contributed by atoms with Gasteiger partial charge in [-0.1, -0.05) is 49.4 Å². The number of nitrogens with zero attached hydrogens (tertiary/aromatic N) is 3. The van der Waals surface area contributed by atoms with Gasteiger partial charge in [0.15, 0.2) is 0 Å². The molecule has 41 heavy (non-hydrogen) atoms. The van der Waals surface area contributed by atoms with Crippen molar-refractivity contribution in [3.8, 4) is 0 Å². The van der Waals surface area contributed by atoms with Crippen LogP contribution in [0.4, 0.5) is 11.4 Å². The Bertz CT molecular complexity index is 1360. The Labute approximate surface area is 246 Å². The molecule has 7 nitrogen and oxygen atoms in total. The lowest BCUT2D eigenvalue weighted by atomic mass is 9.65. The third-order valence-corrected chi connectivity index (χ3v) is 11.1. The Kier molecular flexibility index (Phi) is 8.17. The van der Waals surface area contributed by atoms with E-state index in [1.54, 1.807) is 38.6 Å². The van der Waals surface area contributed by atoms with E-state index in [4.69, 9.17) is 0 Å². The minimum atomic E-state index is -0.806. The number of aryl methyl sites for hydroxylation is 2. The molecule has 6 atom stereocenters. The molecule has 5 rings (SSSR count). The lowest BCUT2D eigenvalue weighted by molar-refractivity contribution is -0.139. The van der Waals surface area contributed by atoms with Gasteiger partial charge in [0.05, 0.1) is 23.2 Å². The SMILES string of the molecule is C=CCN(C(=O)[C@@H]1[C@H]2C(=O)N(CCO)C(C(=O)N(CC=C)c3cc(C)ccc3C)C23S[C@@H]1CC3C)c1ccccc1. The monoisotopic (exact) mass is 573 g/mol. The highest BCUT2D eigenvalue weighted by molar-refractivity contribution is 8.02. The van der Waals surface area contributed by atoms with E-state index in [-0.39, 0.29) is 48.6 Å². The molecule has 8 heteroatoms. The molecule has 0 aliphatic carbocycles. The Hall–Kier alpha value is -3.36. The van der Waals surface area contributed by atoms with E-state index in [1.807, 2.05) is 62.4 Å². The molecule has 3 saturated heterocycles. The number of aliphatic hydroxyl groups excluding tert-OH is 1. The zero-order chi connectivity index (χ0) is 29.5. The van der Waals surface area contributed by atoms with E-state index in [0.717, 1.165) is 28.9 Å². The molecule has 2 bridgehead atoms. The maximum Gasteiger partial charge on any atom is 0.251 e. The van der Waals surface area contributed by atoms with Crippen LogP contribution in [0.2, 0.25) is 0 Å². The Morgan fingerprint density at radius 3 is 2.41 bits per heavy atom. The summed E-state index contributed by atoms with van der Waals surface area (Å²) >= 11 is 1.64. The highest BCUT2D eigenvalue weighted by atomic mass is 32.2. The van der Waals surface area contributed by atoms with Crippen LogP contribution < -0.4 is 9.80 Å². The topological polar surface area (TPSA) is 81.2 Å². The number of para-hydroxylation sites is 1. The predicted octanol–water partition coefficient (Wildman–Crippen LogP) is 4.37. The standard InChI is InChI=1S/C33H39N3O4S/c1-6-15-34(24-11-9-8-10-12-24)30(38)27-26-20-23(5)33(41-26)28(27)31(39)36(17-18-37)29(33)32(40)35(16-7-2)25-19-21(3)13-14-22(25)4/h6-14,19,23,26-29,37H,1-2,15-18,20H2,3-5H3/t23?,26-,27+,28+,29?,33?/m1/s1. The van der Waals surface area contributed by atoms with Gasteiger partial charge in [0.25, 0.3) is 5.91 Å². The second kappa shape index (κ2) is 11.5. The van der Waals surface area contributed by atoms with E-state index in [2.05, 4.69) is 20.1 Å². The first-order valence-electron chi connectivity index (χ1n) is 14.3. The van der Waals surface area contributed by atoms with Gasteiger partial charge in [0.2, 0.25) is 11.8 Å². The van der Waals surface area contributed by atoms with Gasteiger partial charge in [-0.2, -0.15) is 0 Å². The van der Waals surface area contributed by atoms with Crippen LogP contribution in [0.1, 0.15) is 24.5 Å². The molecule has 0 aromatic heterocycles. The van der Waals surface area contributed by atoms with Crippen molar-refractivity contribution >= 4 is 40.9 Å². The number of aliphatic hydroxyl groups is 1. The van der Waals surface area contributed by atoms with Crippen LogP contribution in [-0.2, 0) is 14.4 Å². The number of hydrogen-bond acceptors (Lipinski definition) is 5. The molecule has 3 amide bonds. The van der Waals surface area contributed by atoms with Crippen molar-refractivity contribution in [3.05, 3.63) is 85.0 Å². The van der Waals surface area contributed by atoms with Crippen LogP contribution in [0.3, 0.4) is 0 Å². The molecule has 1 N–H and O–H groups in total. The number of benzene rings is 2. The lowest BCUT2D eigenvalue weighted by Crippen LogP contribution is -2.58. The van der Waals surface area contributed by atoms with Crippen LogP contribution in [0.25, 0.3) is 0 Å². The summed E-state index contributed by atoms with van der Waals surface area (Å²) < 4.78 is -0.776. The van der Waals surface area contributed by atoms with E-state index in [1.165, 1.54) is 0 Å². The maximum absolute atomic E-state index is 14.7. The number of rotatable bonds is 10. The Morgan fingerprint density at radius 2 is 1.76 bits per heavy atom. The fraction of sp³-hybridized carbons (Fsp3) is 0.424. The fourth-order valence-corrected chi connectivity index (χ4v) is 9.67. The lowest BCUT2D eigenvalue weighted by Gasteiger charge is -2.41. The highest BCUT2D eigenvalue weighted by Crippen LogP contribution is 2.69. The van der Waals surface area contributed by atoms with Crippen molar-refractivity contribution in [1.82, 2.24) is 4.90 Å². The fourth-order valence-electron chi connectivity index (χ4n) is 7.26. The summed E-state index contributed by atoms with van der Waals surface area (Å²) in [4.78, 5) is 48.3. The van der Waals surface area contributed by atoms with E-state index >= 15 is 0 Å². The molecule has 0 saturated carbocycles. The summed E-state index contributed by atoms with van der Waals surface area (Å²) in [6.07, 6.45) is 4.13. The molecule has 216 valence electrons. The zero-order valence-electron chi connectivity index (χ0n) is 24.0. The van der Waals surface area contributed by atoms with Gasteiger partial charge < -0.3 is 19.8 Å². The second-order valence-corrected chi connectivity index (χ2v) is 13.0. The zero-order valence-corrected chi connectivity index (χ0v) is 24.8. The minimum absolute atomic E-state index is 0.0295. The van der Waals surface area contributed by atoms with Gasteiger partial charge in [-0.05, 0) is 55.5 Å². The summed E-state index contributed by atoms with van der Waals surface area (Å²) in [6, 6.07) is 14.6. The first-order chi connectivity index (χ1) is 19.7. The molecule has 3 heterocycles. The van der Waals surface area contributed by atoms with E-state index in [9.17, 15) is 19.5 Å². The van der Waals surface area contributed by atoms with Crippen molar-refractivity contribution in [2.24, 2.45) is 17.8 Å². The molecule has 2 aromatic rings. The second-order valence-electron chi connectivity index (χ2n) is 11.4. The number of hydrogen-bond donors (Lipinski definition) is 1. The quantitative estimate of drug-likeness (QED) is 0.427. The average Bonchev–Trinajstić information content (AvgIpc) is 3.55. The largest absolute Gasteiger partial charge is 0.395 e. The first-order valence-corrected chi connectivity index (χ1v) is 15.1. The van der Waals surface area contributed by atoms with Crippen LogP contribution in [-0.4, -0.2) is 70.0 Å². The number of β-amino-alcohol motifs (C(OH)–C–C–N with tert-alkyl or cyclic N) is 1. The molecule has 3 aliphatic heterocycles. The van der Waals surface area contributed by atoms with Gasteiger partial charge in [0, 0.05) is 36.3 Å². The third kappa shape index (κ3) is 4.61. The number of anilines is 2. The van der Waals surface area contributed by atoms with Gasteiger partial charge in [-0.3, -0.25) is 14.4 Å². The summed E-state index contributed by atoms with van der Waals surface area (Å²) in [5, 5.41) is 9.95. The molecule has 3 fully saturated rings. The number of carbonyl (C=O) groups is 3. The maximum atomic E-state index is 14.7. The van der Waals surface area contributed by atoms with Crippen molar-refractivity contribution in [2.75, 3.05) is 36.0 Å². The van der Waals surface area contributed by atoms with E-state index < -0.39 is 22.6 Å². The first kappa shape index (κ1) is 29.1. The summed E-state index contributed by atoms with van der Waals surface area (Å²) in [6.45, 7) is 14.2. The summed E-state index contributed by atoms with van der Waals surface area (Å²) in [7, 11) is 0. The van der Waals surface area contributed by atoms with Crippen LogP contribution in [0.15, 0.2) is 73.8 Å².